The molecule has 2 aliphatic heterocycles. The first-order valence-corrected chi connectivity index (χ1v) is 10.9. The van der Waals surface area contributed by atoms with Gasteiger partial charge in [-0.15, -0.1) is 0 Å². The number of hydrogen-bond donors (Lipinski definition) is 8. The Hall–Kier alpha value is -1.49. The number of carbonyl (C=O) groups is 1. The van der Waals surface area contributed by atoms with Crippen LogP contribution in [-0.4, -0.2) is 113 Å². The second-order valence-electron chi connectivity index (χ2n) is 6.26. The molecule has 0 aromatic heterocycles. The third-order valence-electron chi connectivity index (χ3n) is 4.06. The molecule has 0 spiro atoms. The number of aliphatic hydroxyl groups is 4. The van der Waals surface area contributed by atoms with Crippen molar-refractivity contribution in [1.29, 1.82) is 0 Å². The number of nitrogens with one attached hydrogen (secondary N) is 1. The third kappa shape index (κ3) is 6.74. The van der Waals surface area contributed by atoms with Gasteiger partial charge in [0.15, 0.2) is 12.4 Å². The van der Waals surface area contributed by atoms with E-state index in [4.69, 9.17) is 28.4 Å². The smallest absolute Gasteiger partial charge is 0.397 e. The fourth-order valence-electron chi connectivity index (χ4n) is 2.82. The summed E-state index contributed by atoms with van der Waals surface area (Å²) < 4.78 is 82.5. The van der Waals surface area contributed by atoms with Gasteiger partial charge in [0.05, 0.1) is 6.61 Å². The van der Waals surface area contributed by atoms with Crippen molar-refractivity contribution in [3.05, 3.63) is 11.8 Å². The lowest BCUT2D eigenvalue weighted by molar-refractivity contribution is -0.303. The molecule has 0 aromatic carbocycles. The van der Waals surface area contributed by atoms with Crippen molar-refractivity contribution in [1.82, 2.24) is 4.72 Å². The molecular weight excluding hydrogens is 478 g/mol. The highest BCUT2D eigenvalue weighted by Gasteiger charge is 2.50. The van der Waals surface area contributed by atoms with Gasteiger partial charge in [-0.1, -0.05) is 0 Å². The van der Waals surface area contributed by atoms with E-state index in [2.05, 4.69) is 4.18 Å². The van der Waals surface area contributed by atoms with Gasteiger partial charge in [0.25, 0.3) is 0 Å². The van der Waals surface area contributed by atoms with Crippen LogP contribution in [0.2, 0.25) is 0 Å². The van der Waals surface area contributed by atoms with Crippen LogP contribution in [0.4, 0.5) is 0 Å². The van der Waals surface area contributed by atoms with Gasteiger partial charge >= 0.3 is 26.7 Å². The average molecular weight is 497 g/mol. The van der Waals surface area contributed by atoms with E-state index in [9.17, 15) is 42.1 Å². The molecule has 0 bridgehead atoms. The minimum atomic E-state index is -5.25. The summed E-state index contributed by atoms with van der Waals surface area (Å²) in [6.45, 7) is -0.974. The van der Waals surface area contributed by atoms with E-state index in [0.29, 0.717) is 6.08 Å². The second-order valence-corrected chi connectivity index (χ2v) is 8.49. The fraction of sp³-hybridized carbons (Fsp3) is 0.750. The summed E-state index contributed by atoms with van der Waals surface area (Å²) in [5.74, 6) is -2.69. The zero-order chi connectivity index (χ0) is 23.7. The summed E-state index contributed by atoms with van der Waals surface area (Å²) >= 11 is 0. The third-order valence-corrected chi connectivity index (χ3v) is 5.10. The predicted octanol–water partition coefficient (Wildman–Crippen LogP) is -4.92. The van der Waals surface area contributed by atoms with Crippen LogP contribution in [0.1, 0.15) is 0 Å². The molecule has 2 heterocycles. The molecular formula is C12H19NO16S2. The molecule has 0 aromatic rings. The van der Waals surface area contributed by atoms with Gasteiger partial charge in [0.2, 0.25) is 12.0 Å². The van der Waals surface area contributed by atoms with E-state index in [1.807, 2.05) is 0 Å². The first-order valence-electron chi connectivity index (χ1n) is 8.11. The lowest BCUT2D eigenvalue weighted by Gasteiger charge is -2.44. The molecule has 0 unspecified atom stereocenters. The van der Waals surface area contributed by atoms with Crippen LogP contribution in [0.3, 0.4) is 0 Å². The molecule has 17 nitrogen and oxygen atoms in total. The van der Waals surface area contributed by atoms with Crippen LogP contribution in [-0.2, 0) is 43.9 Å². The summed E-state index contributed by atoms with van der Waals surface area (Å²) in [6.07, 6.45) is -13.6. The van der Waals surface area contributed by atoms with Gasteiger partial charge < -0.3 is 39.7 Å². The Morgan fingerprint density at radius 3 is 2.23 bits per heavy atom. The number of aliphatic hydroxyl groups excluding tert-OH is 4. The molecule has 0 radical (unpaired) electrons. The Balaban J connectivity index is 2.36. The SMILES string of the molecule is O=C(O)C1=C[C@H](O)[C@@H](OS(=O)(=O)O)[C@H](O[C@H]2[C@H](O)[C@@H](NS(=O)(=O)O)[C@@H](O)O[C@@H]2CO)O1. The van der Waals surface area contributed by atoms with Crippen molar-refractivity contribution >= 4 is 26.7 Å². The highest BCUT2D eigenvalue weighted by Crippen LogP contribution is 2.29. The van der Waals surface area contributed by atoms with Crippen molar-refractivity contribution in [3.63, 3.8) is 0 Å². The Kier molecular flexibility index (Phi) is 7.95. The normalized spacial score (nSPS) is 37.0. The Morgan fingerprint density at radius 1 is 1.13 bits per heavy atom. The largest absolute Gasteiger partial charge is 0.475 e. The number of rotatable bonds is 8. The van der Waals surface area contributed by atoms with Crippen molar-refractivity contribution in [2.75, 3.05) is 6.61 Å². The Morgan fingerprint density at radius 2 is 1.74 bits per heavy atom. The monoisotopic (exact) mass is 497 g/mol. The van der Waals surface area contributed by atoms with Crippen LogP contribution < -0.4 is 4.72 Å². The van der Waals surface area contributed by atoms with Gasteiger partial charge in [-0.05, 0) is 6.08 Å². The fourth-order valence-corrected chi connectivity index (χ4v) is 3.90. The van der Waals surface area contributed by atoms with E-state index < -0.39 is 88.2 Å². The van der Waals surface area contributed by atoms with Gasteiger partial charge in [-0.3, -0.25) is 9.11 Å². The lowest BCUT2D eigenvalue weighted by Crippen LogP contribution is -2.66. The number of aliphatic carboxylic acids is 1. The molecule has 1 saturated heterocycles. The number of carboxylic acid groups (broad SMARTS) is 1. The van der Waals surface area contributed by atoms with E-state index in [0.717, 1.165) is 0 Å². The quantitative estimate of drug-likeness (QED) is 0.146. The molecule has 19 heteroatoms. The van der Waals surface area contributed by atoms with Crippen molar-refractivity contribution < 1.29 is 74.7 Å². The van der Waals surface area contributed by atoms with Crippen LogP contribution in [0.15, 0.2) is 11.8 Å². The van der Waals surface area contributed by atoms with Gasteiger partial charge in [-0.25, -0.2) is 8.98 Å². The average Bonchev–Trinajstić information content (AvgIpc) is 2.61. The van der Waals surface area contributed by atoms with Crippen molar-refractivity contribution in [3.8, 4) is 0 Å². The zero-order valence-corrected chi connectivity index (χ0v) is 16.7. The predicted molar refractivity (Wildman–Crippen MR) is 90.3 cm³/mol. The van der Waals surface area contributed by atoms with Gasteiger partial charge in [-0.2, -0.15) is 21.6 Å². The number of carboxylic acids is 1. The molecule has 0 saturated carbocycles. The molecule has 0 aliphatic carbocycles. The molecule has 8 atom stereocenters. The molecule has 2 rings (SSSR count). The minimum Gasteiger partial charge on any atom is -0.475 e. The summed E-state index contributed by atoms with van der Waals surface area (Å²) in [5, 5.41) is 48.6. The zero-order valence-electron chi connectivity index (χ0n) is 15.0. The maximum absolute atomic E-state index is 11.1. The molecule has 31 heavy (non-hydrogen) atoms. The molecule has 1 fully saturated rings. The van der Waals surface area contributed by atoms with E-state index in [1.54, 1.807) is 0 Å². The highest BCUT2D eigenvalue weighted by molar-refractivity contribution is 7.83. The molecule has 8 N–H and O–H groups in total. The summed E-state index contributed by atoms with van der Waals surface area (Å²) in [7, 11) is -10.2. The topological polar surface area (TPSA) is 276 Å². The van der Waals surface area contributed by atoms with Crippen LogP contribution >= 0.6 is 0 Å². The van der Waals surface area contributed by atoms with Crippen molar-refractivity contribution in [2.45, 2.75) is 49.1 Å². The van der Waals surface area contributed by atoms with Crippen molar-refractivity contribution in [2.24, 2.45) is 0 Å². The van der Waals surface area contributed by atoms with Gasteiger partial charge in [0.1, 0.15) is 30.5 Å². The van der Waals surface area contributed by atoms with Crippen LogP contribution in [0.5, 0.6) is 0 Å². The lowest BCUT2D eigenvalue weighted by atomic mass is 9.97. The second kappa shape index (κ2) is 9.56. The summed E-state index contributed by atoms with van der Waals surface area (Å²) in [5.41, 5.74) is 0. The highest BCUT2D eigenvalue weighted by atomic mass is 32.3. The maximum Gasteiger partial charge on any atom is 0.397 e. The van der Waals surface area contributed by atoms with Crippen LogP contribution in [0.25, 0.3) is 0 Å². The minimum absolute atomic E-state index is 0.516. The summed E-state index contributed by atoms with van der Waals surface area (Å²) in [4.78, 5) is 11.1. The van der Waals surface area contributed by atoms with Crippen LogP contribution in [0, 0.1) is 0 Å². The molecule has 2 aliphatic rings. The van der Waals surface area contributed by atoms with E-state index >= 15 is 0 Å². The maximum atomic E-state index is 11.1. The Bertz CT molecular complexity index is 902. The number of hydrogen-bond acceptors (Lipinski definition) is 13. The Labute approximate surface area is 174 Å². The number of ether oxygens (including phenoxy) is 3. The first-order chi connectivity index (χ1) is 14.1. The van der Waals surface area contributed by atoms with E-state index in [-0.39, 0.29) is 0 Å². The first kappa shape index (κ1) is 25.8. The molecule has 180 valence electrons. The molecule has 0 amide bonds. The van der Waals surface area contributed by atoms with Gasteiger partial charge in [0, 0.05) is 0 Å². The van der Waals surface area contributed by atoms with E-state index in [1.165, 1.54) is 4.72 Å². The standard InChI is InChI=1S/C12H19NO16S2/c14-2-5-9(7(16)6(11(19)26-5)13-30(20,21)22)28-12-8(29-31(23,24)25)3(15)1-4(27-12)10(17)18/h1,3,5-9,11-16,19H,2H2,(H,17,18)(H,20,21,22)(H,23,24,25)/t3-,5+,6+,7+,8+,9+,11-,12-/m0/s1. The summed E-state index contributed by atoms with van der Waals surface area (Å²) in [6, 6.07) is -1.98.